The quantitative estimate of drug-likeness (QED) is 0.529. The van der Waals surface area contributed by atoms with Crippen molar-refractivity contribution in [2.45, 2.75) is 20.5 Å². The van der Waals surface area contributed by atoms with Gasteiger partial charge in [-0.1, -0.05) is 41.6 Å². The van der Waals surface area contributed by atoms with Gasteiger partial charge >= 0.3 is 0 Å². The van der Waals surface area contributed by atoms with Gasteiger partial charge in [0.1, 0.15) is 18.4 Å². The van der Waals surface area contributed by atoms with E-state index < -0.39 is 0 Å². The molecule has 0 fully saturated rings. The average molecular weight is 280 g/mol. The molecule has 4 heteroatoms. The molecule has 0 bridgehead atoms. The summed E-state index contributed by atoms with van der Waals surface area (Å²) in [4.78, 5) is 0. The molecular weight excluding hydrogens is 264 g/mol. The normalized spacial score (nSPS) is 11.0. The third kappa shape index (κ3) is 3.21. The Morgan fingerprint density at radius 3 is 2.67 bits per heavy atom. The van der Waals surface area contributed by atoms with E-state index in [-0.39, 0.29) is 5.71 Å². The van der Waals surface area contributed by atoms with Crippen LogP contribution in [0.3, 0.4) is 0 Å². The molecule has 2 rings (SSSR count). The van der Waals surface area contributed by atoms with E-state index in [0.717, 1.165) is 22.4 Å². The second kappa shape index (κ2) is 6.58. The van der Waals surface area contributed by atoms with Crippen molar-refractivity contribution >= 4 is 5.71 Å². The predicted molar refractivity (Wildman–Crippen MR) is 80.6 cm³/mol. The Balaban J connectivity index is 2.25. The van der Waals surface area contributed by atoms with Crippen molar-refractivity contribution in [2.24, 2.45) is 5.16 Å². The minimum absolute atomic E-state index is 0.0184. The van der Waals surface area contributed by atoms with Gasteiger partial charge in [0.15, 0.2) is 5.71 Å². The van der Waals surface area contributed by atoms with Crippen LogP contribution < -0.4 is 4.74 Å². The third-order valence-electron chi connectivity index (χ3n) is 3.42. The summed E-state index contributed by atoms with van der Waals surface area (Å²) in [7, 11) is 0. The van der Waals surface area contributed by atoms with Crippen molar-refractivity contribution in [1.29, 1.82) is 5.26 Å². The standard InChI is InChI=1S/C17H16N2O2/c1-12-6-5-9-17(13(12)2)21-11-14-7-3-4-8-15(14)16(10-18)19-20/h3-9,20H,11H2,1-2H3. The summed E-state index contributed by atoms with van der Waals surface area (Å²) in [6.07, 6.45) is 0. The van der Waals surface area contributed by atoms with Gasteiger partial charge in [-0.15, -0.1) is 0 Å². The van der Waals surface area contributed by atoms with Crippen LogP contribution in [-0.4, -0.2) is 10.9 Å². The Kier molecular flexibility index (Phi) is 4.57. The fraction of sp³-hybridized carbons (Fsp3) is 0.176. The van der Waals surface area contributed by atoms with Crippen molar-refractivity contribution in [3.63, 3.8) is 0 Å². The molecule has 0 aliphatic rings. The van der Waals surface area contributed by atoms with Crippen LogP contribution in [0.2, 0.25) is 0 Å². The molecular formula is C17H16N2O2. The van der Waals surface area contributed by atoms with Crippen LogP contribution in [-0.2, 0) is 6.61 Å². The van der Waals surface area contributed by atoms with Gasteiger partial charge in [-0.3, -0.25) is 0 Å². The summed E-state index contributed by atoms with van der Waals surface area (Å²) in [5.74, 6) is 0.809. The van der Waals surface area contributed by atoms with Gasteiger partial charge < -0.3 is 9.94 Å². The zero-order chi connectivity index (χ0) is 15.2. The Hall–Kier alpha value is -2.80. The third-order valence-corrected chi connectivity index (χ3v) is 3.42. The van der Waals surface area contributed by atoms with Crippen LogP contribution in [0.5, 0.6) is 5.75 Å². The summed E-state index contributed by atoms with van der Waals surface area (Å²) >= 11 is 0. The van der Waals surface area contributed by atoms with Crippen molar-refractivity contribution in [3.8, 4) is 11.8 Å². The highest BCUT2D eigenvalue weighted by atomic mass is 16.5. The summed E-state index contributed by atoms with van der Waals surface area (Å²) in [6, 6.07) is 15.0. The van der Waals surface area contributed by atoms with Gasteiger partial charge in [0.2, 0.25) is 0 Å². The molecule has 21 heavy (non-hydrogen) atoms. The molecule has 106 valence electrons. The molecule has 0 spiro atoms. The van der Waals surface area contributed by atoms with E-state index in [1.54, 1.807) is 12.1 Å². The van der Waals surface area contributed by atoms with E-state index in [1.165, 1.54) is 0 Å². The first-order valence-electron chi connectivity index (χ1n) is 6.56. The molecule has 2 aromatic rings. The van der Waals surface area contributed by atoms with E-state index in [0.29, 0.717) is 12.2 Å². The zero-order valence-electron chi connectivity index (χ0n) is 12.0. The van der Waals surface area contributed by atoms with Gasteiger partial charge in [-0.05, 0) is 36.6 Å². The van der Waals surface area contributed by atoms with Crippen molar-refractivity contribution in [1.82, 2.24) is 0 Å². The fourth-order valence-electron chi connectivity index (χ4n) is 2.05. The van der Waals surface area contributed by atoms with Crippen LogP contribution in [0.1, 0.15) is 22.3 Å². The Morgan fingerprint density at radius 2 is 1.95 bits per heavy atom. The lowest BCUT2D eigenvalue weighted by Crippen LogP contribution is -2.06. The van der Waals surface area contributed by atoms with E-state index in [2.05, 4.69) is 5.16 Å². The number of oxime groups is 1. The van der Waals surface area contributed by atoms with Crippen LogP contribution in [0, 0.1) is 25.2 Å². The number of aryl methyl sites for hydroxylation is 1. The second-order valence-corrected chi connectivity index (χ2v) is 4.70. The topological polar surface area (TPSA) is 65.6 Å². The molecule has 2 aromatic carbocycles. The minimum atomic E-state index is -0.0184. The molecule has 1 N–H and O–H groups in total. The molecule has 0 amide bonds. The minimum Gasteiger partial charge on any atom is -0.489 e. The maximum absolute atomic E-state index is 8.99. The number of rotatable bonds is 4. The highest BCUT2D eigenvalue weighted by Crippen LogP contribution is 2.22. The SMILES string of the molecule is Cc1cccc(OCc2ccccc2C(C#N)=NO)c1C. The summed E-state index contributed by atoms with van der Waals surface area (Å²) in [5, 5.41) is 20.9. The van der Waals surface area contributed by atoms with Crippen molar-refractivity contribution in [3.05, 3.63) is 64.7 Å². The largest absolute Gasteiger partial charge is 0.489 e. The number of hydrogen-bond acceptors (Lipinski definition) is 4. The van der Waals surface area contributed by atoms with Gasteiger partial charge in [-0.25, -0.2) is 0 Å². The fourth-order valence-corrected chi connectivity index (χ4v) is 2.05. The monoisotopic (exact) mass is 280 g/mol. The predicted octanol–water partition coefficient (Wildman–Crippen LogP) is 3.58. The van der Waals surface area contributed by atoms with Crippen LogP contribution in [0.4, 0.5) is 0 Å². The molecule has 0 saturated carbocycles. The Labute approximate surface area is 123 Å². The van der Waals surface area contributed by atoms with Gasteiger partial charge in [0.05, 0.1) is 0 Å². The Morgan fingerprint density at radius 1 is 1.19 bits per heavy atom. The first kappa shape index (κ1) is 14.6. The molecule has 0 aromatic heterocycles. The first-order valence-corrected chi connectivity index (χ1v) is 6.56. The first-order chi connectivity index (χ1) is 10.2. The van der Waals surface area contributed by atoms with E-state index >= 15 is 0 Å². The zero-order valence-corrected chi connectivity index (χ0v) is 12.0. The maximum Gasteiger partial charge on any atom is 0.187 e. The summed E-state index contributed by atoms with van der Waals surface area (Å²) in [5.41, 5.74) is 3.61. The lowest BCUT2D eigenvalue weighted by molar-refractivity contribution is 0.303. The lowest BCUT2D eigenvalue weighted by Gasteiger charge is -2.12. The summed E-state index contributed by atoms with van der Waals surface area (Å²) in [6.45, 7) is 4.34. The number of nitriles is 1. The molecule has 0 unspecified atom stereocenters. The summed E-state index contributed by atoms with van der Waals surface area (Å²) < 4.78 is 5.84. The Bertz CT molecular complexity index is 715. The smallest absolute Gasteiger partial charge is 0.187 e. The van der Waals surface area contributed by atoms with Gasteiger partial charge in [0, 0.05) is 5.56 Å². The lowest BCUT2D eigenvalue weighted by atomic mass is 10.0. The van der Waals surface area contributed by atoms with Crippen molar-refractivity contribution in [2.75, 3.05) is 0 Å². The average Bonchev–Trinajstić information content (AvgIpc) is 2.51. The maximum atomic E-state index is 8.99. The van der Waals surface area contributed by atoms with Crippen LogP contribution in [0.15, 0.2) is 47.6 Å². The molecule has 4 nitrogen and oxygen atoms in total. The number of ether oxygens (including phenoxy) is 1. The molecule has 0 atom stereocenters. The van der Waals surface area contributed by atoms with Crippen LogP contribution >= 0.6 is 0 Å². The molecule has 0 radical (unpaired) electrons. The number of benzene rings is 2. The van der Waals surface area contributed by atoms with E-state index in [4.69, 9.17) is 15.2 Å². The molecule has 0 aliphatic heterocycles. The highest BCUT2D eigenvalue weighted by molar-refractivity contribution is 6.12. The van der Waals surface area contributed by atoms with Gasteiger partial charge in [-0.2, -0.15) is 5.26 Å². The molecule has 0 saturated heterocycles. The molecule has 0 aliphatic carbocycles. The van der Waals surface area contributed by atoms with Crippen molar-refractivity contribution < 1.29 is 9.94 Å². The molecule has 0 heterocycles. The van der Waals surface area contributed by atoms with Crippen LogP contribution in [0.25, 0.3) is 0 Å². The second-order valence-electron chi connectivity index (χ2n) is 4.70. The number of nitrogens with zero attached hydrogens (tertiary/aromatic N) is 2. The number of hydrogen-bond donors (Lipinski definition) is 1. The van der Waals surface area contributed by atoms with E-state index in [1.807, 2.05) is 50.2 Å². The highest BCUT2D eigenvalue weighted by Gasteiger charge is 2.10. The van der Waals surface area contributed by atoms with Gasteiger partial charge in [0.25, 0.3) is 0 Å². The van der Waals surface area contributed by atoms with E-state index in [9.17, 15) is 0 Å².